The van der Waals surface area contributed by atoms with Crippen LogP contribution in [0.5, 0.6) is 0 Å². The number of nitrogens with two attached hydrogens (primary N) is 1. The third-order valence-electron chi connectivity index (χ3n) is 2.26. The maximum atomic E-state index is 5.60. The lowest BCUT2D eigenvalue weighted by molar-refractivity contribution is -0.0146. The molecule has 0 saturated carbocycles. The second-order valence-electron chi connectivity index (χ2n) is 3.63. The molecule has 4 heteroatoms. The minimum atomic E-state index is -0.127. The molecular formula is C11H20N2O2. The van der Waals surface area contributed by atoms with Crippen LogP contribution in [0.2, 0.25) is 0 Å². The van der Waals surface area contributed by atoms with Crippen molar-refractivity contribution in [2.75, 3.05) is 13.2 Å². The summed E-state index contributed by atoms with van der Waals surface area (Å²) < 4.78 is 10.9. The number of hydrogen-bond acceptors (Lipinski definition) is 4. The van der Waals surface area contributed by atoms with Crippen molar-refractivity contribution >= 4 is 0 Å². The van der Waals surface area contributed by atoms with Gasteiger partial charge in [-0.05, 0) is 20.3 Å². The summed E-state index contributed by atoms with van der Waals surface area (Å²) in [4.78, 5) is 0. The van der Waals surface area contributed by atoms with Gasteiger partial charge in [-0.15, -0.1) is 0 Å². The van der Waals surface area contributed by atoms with Crippen molar-refractivity contribution in [1.29, 1.82) is 0 Å². The van der Waals surface area contributed by atoms with Gasteiger partial charge >= 0.3 is 0 Å². The molecule has 0 heterocycles. The lowest BCUT2D eigenvalue weighted by atomic mass is 10.1. The number of hydrazine groups is 1. The van der Waals surface area contributed by atoms with Gasteiger partial charge in [-0.1, -0.05) is 23.8 Å². The molecule has 1 aliphatic carbocycles. The van der Waals surface area contributed by atoms with Crippen molar-refractivity contribution in [2.45, 2.75) is 32.6 Å². The van der Waals surface area contributed by atoms with Crippen LogP contribution in [0.1, 0.15) is 20.3 Å². The maximum Gasteiger partial charge on any atom is 0.117 e. The van der Waals surface area contributed by atoms with Crippen LogP contribution in [0.3, 0.4) is 0 Å². The number of rotatable bonds is 6. The second-order valence-corrected chi connectivity index (χ2v) is 3.63. The van der Waals surface area contributed by atoms with Crippen LogP contribution in [0.15, 0.2) is 23.8 Å². The van der Waals surface area contributed by atoms with Gasteiger partial charge in [-0.3, -0.25) is 5.84 Å². The monoisotopic (exact) mass is 212 g/mol. The summed E-state index contributed by atoms with van der Waals surface area (Å²) in [7, 11) is 0. The molecule has 86 valence electrons. The Morgan fingerprint density at radius 2 is 2.40 bits per heavy atom. The fraction of sp³-hybridized carbons (Fsp3) is 0.636. The molecule has 0 saturated heterocycles. The first-order valence-corrected chi connectivity index (χ1v) is 5.26. The lowest BCUT2D eigenvalue weighted by Gasteiger charge is -2.17. The Bertz CT molecular complexity index is 239. The number of nitrogens with one attached hydrogen (secondary N) is 1. The van der Waals surface area contributed by atoms with Gasteiger partial charge in [0, 0.05) is 0 Å². The van der Waals surface area contributed by atoms with Crippen molar-refractivity contribution in [3.8, 4) is 0 Å². The van der Waals surface area contributed by atoms with Gasteiger partial charge in [0.2, 0.25) is 0 Å². The van der Waals surface area contributed by atoms with Gasteiger partial charge in [0.05, 0.1) is 19.3 Å². The topological polar surface area (TPSA) is 56.5 Å². The van der Waals surface area contributed by atoms with Crippen LogP contribution in [-0.4, -0.2) is 25.5 Å². The Kier molecular flexibility index (Phi) is 5.57. The van der Waals surface area contributed by atoms with Crippen LogP contribution < -0.4 is 11.3 Å². The summed E-state index contributed by atoms with van der Waals surface area (Å²) >= 11 is 0. The maximum absolute atomic E-state index is 5.60. The zero-order valence-electron chi connectivity index (χ0n) is 9.40. The molecule has 15 heavy (non-hydrogen) atoms. The first-order valence-electron chi connectivity index (χ1n) is 5.26. The van der Waals surface area contributed by atoms with E-state index in [1.165, 1.54) is 5.57 Å². The smallest absolute Gasteiger partial charge is 0.117 e. The molecule has 0 aromatic rings. The van der Waals surface area contributed by atoms with Crippen LogP contribution >= 0.6 is 0 Å². The largest absolute Gasteiger partial charge is 0.371 e. The molecule has 0 fully saturated rings. The zero-order valence-corrected chi connectivity index (χ0v) is 9.40. The molecule has 0 aromatic carbocycles. The molecule has 0 aromatic heterocycles. The van der Waals surface area contributed by atoms with E-state index in [1.807, 2.05) is 6.92 Å². The molecule has 4 nitrogen and oxygen atoms in total. The zero-order chi connectivity index (χ0) is 11.1. The summed E-state index contributed by atoms with van der Waals surface area (Å²) in [6.07, 6.45) is 7.36. The molecule has 0 radical (unpaired) electrons. The highest BCUT2D eigenvalue weighted by Gasteiger charge is 2.07. The van der Waals surface area contributed by atoms with E-state index in [-0.39, 0.29) is 12.3 Å². The Morgan fingerprint density at radius 3 is 3.00 bits per heavy atom. The SMILES string of the molecule is CC1=CCC(OCCOC(C)NN)C=C1. The van der Waals surface area contributed by atoms with Gasteiger partial charge in [0.25, 0.3) is 0 Å². The predicted octanol–water partition coefficient (Wildman–Crippen LogP) is 1.10. The van der Waals surface area contributed by atoms with Crippen LogP contribution in [0.25, 0.3) is 0 Å². The fourth-order valence-electron chi connectivity index (χ4n) is 1.30. The van der Waals surface area contributed by atoms with E-state index in [0.29, 0.717) is 13.2 Å². The van der Waals surface area contributed by atoms with Crippen LogP contribution in [-0.2, 0) is 9.47 Å². The molecule has 2 atom stereocenters. The summed E-state index contributed by atoms with van der Waals surface area (Å²) in [5, 5.41) is 0. The molecule has 3 N–H and O–H groups in total. The average molecular weight is 212 g/mol. The summed E-state index contributed by atoms with van der Waals surface area (Å²) in [6, 6.07) is 0. The summed E-state index contributed by atoms with van der Waals surface area (Å²) in [5.74, 6) is 5.18. The van der Waals surface area contributed by atoms with Gasteiger partial charge in [0.1, 0.15) is 6.23 Å². The van der Waals surface area contributed by atoms with Gasteiger partial charge < -0.3 is 9.47 Å². The highest BCUT2D eigenvalue weighted by atomic mass is 16.5. The highest BCUT2D eigenvalue weighted by molar-refractivity contribution is 5.21. The normalized spacial score (nSPS) is 22.6. The van der Waals surface area contributed by atoms with E-state index in [9.17, 15) is 0 Å². The number of allylic oxidation sites excluding steroid dienone is 2. The molecule has 0 amide bonds. The first-order chi connectivity index (χ1) is 7.22. The van der Waals surface area contributed by atoms with E-state index in [4.69, 9.17) is 15.3 Å². The van der Waals surface area contributed by atoms with E-state index in [2.05, 4.69) is 30.6 Å². The van der Waals surface area contributed by atoms with Crippen molar-refractivity contribution < 1.29 is 9.47 Å². The predicted molar refractivity (Wildman–Crippen MR) is 60.0 cm³/mol. The highest BCUT2D eigenvalue weighted by Crippen LogP contribution is 2.12. The molecule has 1 rings (SSSR count). The van der Waals surface area contributed by atoms with Gasteiger partial charge in [-0.2, -0.15) is 0 Å². The van der Waals surface area contributed by atoms with E-state index < -0.39 is 0 Å². The average Bonchev–Trinajstić information content (AvgIpc) is 2.26. The third-order valence-corrected chi connectivity index (χ3v) is 2.26. The van der Waals surface area contributed by atoms with Crippen LogP contribution in [0, 0.1) is 0 Å². The standard InChI is InChI=1S/C11H20N2O2/c1-9-3-5-11(6-4-9)15-8-7-14-10(2)13-12/h3-5,10-11,13H,6-8,12H2,1-2H3. The van der Waals surface area contributed by atoms with E-state index in [1.54, 1.807) is 0 Å². The Hall–Kier alpha value is -0.680. The van der Waals surface area contributed by atoms with Gasteiger partial charge in [-0.25, -0.2) is 5.43 Å². The fourth-order valence-corrected chi connectivity index (χ4v) is 1.30. The Balaban J connectivity index is 2.04. The second kappa shape index (κ2) is 6.74. The molecule has 2 unspecified atom stereocenters. The minimum absolute atomic E-state index is 0.127. The summed E-state index contributed by atoms with van der Waals surface area (Å²) in [5.41, 5.74) is 3.81. The molecule has 0 spiro atoms. The number of ether oxygens (including phenoxy) is 2. The minimum Gasteiger partial charge on any atom is -0.371 e. The van der Waals surface area contributed by atoms with E-state index in [0.717, 1.165) is 6.42 Å². The van der Waals surface area contributed by atoms with Gasteiger partial charge in [0.15, 0.2) is 0 Å². The lowest BCUT2D eigenvalue weighted by Crippen LogP contribution is -2.35. The Morgan fingerprint density at radius 1 is 1.60 bits per heavy atom. The van der Waals surface area contributed by atoms with Crippen LogP contribution in [0.4, 0.5) is 0 Å². The van der Waals surface area contributed by atoms with Crippen molar-refractivity contribution in [2.24, 2.45) is 5.84 Å². The molecule has 1 aliphatic rings. The number of hydrogen-bond donors (Lipinski definition) is 2. The van der Waals surface area contributed by atoms with Crippen molar-refractivity contribution in [1.82, 2.24) is 5.43 Å². The first kappa shape index (κ1) is 12.4. The molecule has 0 aliphatic heterocycles. The van der Waals surface area contributed by atoms with Crippen molar-refractivity contribution in [3.63, 3.8) is 0 Å². The van der Waals surface area contributed by atoms with Crippen molar-refractivity contribution in [3.05, 3.63) is 23.8 Å². The molecule has 0 bridgehead atoms. The Labute approximate surface area is 91.1 Å². The third kappa shape index (κ3) is 5.09. The molecular weight excluding hydrogens is 192 g/mol. The quantitative estimate of drug-likeness (QED) is 0.300. The summed E-state index contributed by atoms with van der Waals surface area (Å²) in [6.45, 7) is 5.09. The van der Waals surface area contributed by atoms with E-state index >= 15 is 0 Å².